The molecule has 0 aliphatic carbocycles. The van der Waals surface area contributed by atoms with Crippen LogP contribution in [0.4, 0.5) is 0 Å². The van der Waals surface area contributed by atoms with Gasteiger partial charge in [0.15, 0.2) is 9.84 Å². The van der Waals surface area contributed by atoms with Gasteiger partial charge in [-0.3, -0.25) is 4.79 Å². The van der Waals surface area contributed by atoms with Crippen molar-refractivity contribution >= 4 is 15.7 Å². The third kappa shape index (κ3) is 4.49. The van der Waals surface area contributed by atoms with Crippen molar-refractivity contribution in [3.05, 3.63) is 101 Å². The molecule has 3 aromatic rings. The average Bonchev–Trinajstić information content (AvgIpc) is 2.67. The van der Waals surface area contributed by atoms with Gasteiger partial charge in [0.2, 0.25) is 0 Å². The van der Waals surface area contributed by atoms with E-state index in [-0.39, 0.29) is 16.8 Å². The van der Waals surface area contributed by atoms with E-state index >= 15 is 0 Å². The van der Waals surface area contributed by atoms with Gasteiger partial charge in [-0.15, -0.1) is 0 Å². The predicted molar refractivity (Wildman–Crippen MR) is 111 cm³/mol. The maximum atomic E-state index is 13.1. The molecule has 144 valence electrons. The zero-order chi connectivity index (χ0) is 20.3. The highest BCUT2D eigenvalue weighted by Gasteiger charge is 2.20. The number of hydrogen-bond acceptors (Lipinski definition) is 3. The zero-order valence-corrected chi connectivity index (χ0v) is 17.0. The van der Waals surface area contributed by atoms with Crippen molar-refractivity contribution in [1.82, 2.24) is 5.32 Å². The third-order valence-electron chi connectivity index (χ3n) is 4.70. The standard InChI is InChI=1S/C23H23NO3S/c1-16-9-12-19(13-10-16)22(18-7-5-4-6-8-18)24-23(25)21-15-20(28(3,26)27)14-11-17(21)2/h4-15,22H,1-3H3,(H,24,25)/t22-/m1/s1. The Morgan fingerprint density at radius 3 is 2.07 bits per heavy atom. The highest BCUT2D eigenvalue weighted by Crippen LogP contribution is 2.24. The molecule has 0 spiro atoms. The van der Waals surface area contributed by atoms with Gasteiger partial charge in [0, 0.05) is 11.8 Å². The highest BCUT2D eigenvalue weighted by molar-refractivity contribution is 7.90. The molecule has 3 rings (SSSR count). The third-order valence-corrected chi connectivity index (χ3v) is 5.81. The summed E-state index contributed by atoms with van der Waals surface area (Å²) in [4.78, 5) is 13.2. The molecule has 1 N–H and O–H groups in total. The van der Waals surface area contributed by atoms with E-state index in [4.69, 9.17) is 0 Å². The van der Waals surface area contributed by atoms with E-state index in [9.17, 15) is 13.2 Å². The largest absolute Gasteiger partial charge is 0.341 e. The molecule has 0 aliphatic heterocycles. The second kappa shape index (κ2) is 7.98. The summed E-state index contributed by atoms with van der Waals surface area (Å²) in [5.41, 5.74) is 4.13. The molecular formula is C23H23NO3S. The molecule has 0 radical (unpaired) electrons. The summed E-state index contributed by atoms with van der Waals surface area (Å²) in [7, 11) is -3.39. The predicted octanol–water partition coefficient (Wildman–Crippen LogP) is 4.23. The molecule has 3 aromatic carbocycles. The van der Waals surface area contributed by atoms with Crippen LogP contribution in [0.25, 0.3) is 0 Å². The summed E-state index contributed by atoms with van der Waals surface area (Å²) in [6, 6.07) is 22.0. The van der Waals surface area contributed by atoms with E-state index in [0.29, 0.717) is 5.56 Å². The number of amides is 1. The first-order valence-corrected chi connectivity index (χ1v) is 10.9. The Hall–Kier alpha value is -2.92. The SMILES string of the molecule is Cc1ccc([C@H](NC(=O)c2cc(S(C)(=O)=O)ccc2C)c2ccccc2)cc1. The molecule has 1 atom stereocenters. The lowest BCUT2D eigenvalue weighted by Crippen LogP contribution is -2.30. The molecule has 0 saturated carbocycles. The maximum Gasteiger partial charge on any atom is 0.252 e. The van der Waals surface area contributed by atoms with Crippen molar-refractivity contribution in [3.63, 3.8) is 0 Å². The second-order valence-electron chi connectivity index (χ2n) is 6.98. The van der Waals surface area contributed by atoms with Crippen molar-refractivity contribution in [1.29, 1.82) is 0 Å². The minimum absolute atomic E-state index is 0.134. The lowest BCUT2D eigenvalue weighted by atomic mass is 9.97. The quantitative estimate of drug-likeness (QED) is 0.706. The van der Waals surface area contributed by atoms with Crippen LogP contribution in [0, 0.1) is 13.8 Å². The van der Waals surface area contributed by atoms with Gasteiger partial charge in [-0.05, 0) is 42.7 Å². The Labute approximate surface area is 166 Å². The van der Waals surface area contributed by atoms with Crippen LogP contribution in [0.5, 0.6) is 0 Å². The Morgan fingerprint density at radius 1 is 0.857 bits per heavy atom. The van der Waals surface area contributed by atoms with Crippen LogP contribution < -0.4 is 5.32 Å². The van der Waals surface area contributed by atoms with Crippen molar-refractivity contribution in [3.8, 4) is 0 Å². The summed E-state index contributed by atoms with van der Waals surface area (Å²) in [5.74, 6) is -0.308. The summed E-state index contributed by atoms with van der Waals surface area (Å²) in [6.07, 6.45) is 1.14. The van der Waals surface area contributed by atoms with Crippen LogP contribution in [0.2, 0.25) is 0 Å². The molecule has 0 heterocycles. The van der Waals surface area contributed by atoms with E-state index in [1.807, 2.05) is 61.5 Å². The Balaban J connectivity index is 2.00. The van der Waals surface area contributed by atoms with E-state index in [0.717, 1.165) is 28.5 Å². The molecule has 0 bridgehead atoms. The van der Waals surface area contributed by atoms with Gasteiger partial charge in [-0.25, -0.2) is 8.42 Å². The number of carbonyl (C=O) groups is 1. The number of carbonyl (C=O) groups excluding carboxylic acids is 1. The van der Waals surface area contributed by atoms with Gasteiger partial charge >= 0.3 is 0 Å². The first-order valence-electron chi connectivity index (χ1n) is 8.99. The number of hydrogen-bond donors (Lipinski definition) is 1. The minimum atomic E-state index is -3.39. The topological polar surface area (TPSA) is 63.2 Å². The van der Waals surface area contributed by atoms with Crippen LogP contribution in [0.1, 0.15) is 38.7 Å². The Morgan fingerprint density at radius 2 is 1.46 bits per heavy atom. The summed E-state index contributed by atoms with van der Waals surface area (Å²) < 4.78 is 23.8. The van der Waals surface area contributed by atoms with Gasteiger partial charge < -0.3 is 5.32 Å². The molecule has 0 fully saturated rings. The number of aryl methyl sites for hydroxylation is 2. The van der Waals surface area contributed by atoms with Crippen LogP contribution >= 0.6 is 0 Å². The fourth-order valence-corrected chi connectivity index (χ4v) is 3.70. The van der Waals surface area contributed by atoms with Crippen LogP contribution in [0.3, 0.4) is 0 Å². The Bertz CT molecular complexity index is 1090. The van der Waals surface area contributed by atoms with E-state index in [1.54, 1.807) is 13.0 Å². The lowest BCUT2D eigenvalue weighted by molar-refractivity contribution is 0.0942. The molecule has 5 heteroatoms. The molecule has 1 amide bonds. The van der Waals surface area contributed by atoms with Gasteiger partial charge in [0.25, 0.3) is 5.91 Å². The summed E-state index contributed by atoms with van der Waals surface area (Å²) in [5, 5.41) is 3.07. The van der Waals surface area contributed by atoms with E-state index in [2.05, 4.69) is 5.32 Å². The molecule has 0 saturated heterocycles. The average molecular weight is 394 g/mol. The van der Waals surface area contributed by atoms with Crippen molar-refractivity contribution < 1.29 is 13.2 Å². The van der Waals surface area contributed by atoms with Crippen LogP contribution in [-0.2, 0) is 9.84 Å². The lowest BCUT2D eigenvalue weighted by Gasteiger charge is -2.21. The number of rotatable bonds is 5. The Kier molecular flexibility index (Phi) is 5.66. The maximum absolute atomic E-state index is 13.1. The first kappa shape index (κ1) is 19.8. The van der Waals surface area contributed by atoms with Crippen molar-refractivity contribution in [2.24, 2.45) is 0 Å². The van der Waals surface area contributed by atoms with Crippen LogP contribution in [0.15, 0.2) is 77.7 Å². The minimum Gasteiger partial charge on any atom is -0.341 e. The highest BCUT2D eigenvalue weighted by atomic mass is 32.2. The molecule has 4 nitrogen and oxygen atoms in total. The fourth-order valence-electron chi connectivity index (χ4n) is 3.05. The molecule has 28 heavy (non-hydrogen) atoms. The smallest absolute Gasteiger partial charge is 0.252 e. The van der Waals surface area contributed by atoms with Gasteiger partial charge in [0.1, 0.15) is 0 Å². The van der Waals surface area contributed by atoms with E-state index < -0.39 is 9.84 Å². The fraction of sp³-hybridized carbons (Fsp3) is 0.174. The first-order chi connectivity index (χ1) is 13.3. The number of sulfone groups is 1. The molecule has 0 unspecified atom stereocenters. The van der Waals surface area contributed by atoms with Crippen molar-refractivity contribution in [2.45, 2.75) is 24.8 Å². The van der Waals surface area contributed by atoms with E-state index in [1.165, 1.54) is 12.1 Å². The number of benzene rings is 3. The molecule has 0 aromatic heterocycles. The molecular weight excluding hydrogens is 370 g/mol. The number of nitrogens with one attached hydrogen (secondary N) is 1. The van der Waals surface area contributed by atoms with Gasteiger partial charge in [-0.2, -0.15) is 0 Å². The zero-order valence-electron chi connectivity index (χ0n) is 16.1. The van der Waals surface area contributed by atoms with Crippen molar-refractivity contribution in [2.75, 3.05) is 6.26 Å². The summed E-state index contributed by atoms with van der Waals surface area (Å²) >= 11 is 0. The second-order valence-corrected chi connectivity index (χ2v) is 8.99. The van der Waals surface area contributed by atoms with Gasteiger partial charge in [0.05, 0.1) is 10.9 Å². The summed E-state index contributed by atoms with van der Waals surface area (Å²) in [6.45, 7) is 3.81. The molecule has 0 aliphatic rings. The van der Waals surface area contributed by atoms with Gasteiger partial charge in [-0.1, -0.05) is 66.2 Å². The monoisotopic (exact) mass is 393 g/mol. The normalized spacial score (nSPS) is 12.4. The van der Waals surface area contributed by atoms with Crippen LogP contribution in [-0.4, -0.2) is 20.6 Å².